The van der Waals surface area contributed by atoms with Crippen molar-refractivity contribution in [2.45, 2.75) is 19.9 Å². The molecule has 2 aromatic heterocycles. The van der Waals surface area contributed by atoms with E-state index in [0.29, 0.717) is 43.9 Å². The summed E-state index contributed by atoms with van der Waals surface area (Å²) in [7, 11) is 0. The molecular weight excluding hydrogens is 390 g/mol. The van der Waals surface area contributed by atoms with E-state index in [9.17, 15) is 10.1 Å². The van der Waals surface area contributed by atoms with Gasteiger partial charge in [-0.05, 0) is 24.1 Å². The van der Waals surface area contributed by atoms with Crippen LogP contribution in [0.4, 0.5) is 5.82 Å². The minimum atomic E-state index is 0. The number of para-hydroxylation sites is 2. The monoisotopic (exact) mass is 411 g/mol. The Morgan fingerprint density at radius 3 is 2.66 bits per heavy atom. The average molecular weight is 412 g/mol. The van der Waals surface area contributed by atoms with Crippen LogP contribution in [0.2, 0.25) is 0 Å². The number of imidazole rings is 1. The summed E-state index contributed by atoms with van der Waals surface area (Å²) in [5, 5.41) is 9.98. The van der Waals surface area contributed by atoms with E-state index in [2.05, 4.69) is 15.4 Å². The number of halogens is 1. The minimum Gasteiger partial charge on any atom is -0.378 e. The van der Waals surface area contributed by atoms with Crippen LogP contribution in [0.3, 0.4) is 0 Å². The highest BCUT2D eigenvalue weighted by molar-refractivity contribution is 5.87. The number of nitrogens with zero attached hydrogens (tertiary/aromatic N) is 5. The molecule has 0 N–H and O–H groups in total. The summed E-state index contributed by atoms with van der Waals surface area (Å²) < 4.78 is 7.68. The molecule has 2 aliphatic heterocycles. The third kappa shape index (κ3) is 3.00. The highest BCUT2D eigenvalue weighted by Gasteiger charge is 2.30. The van der Waals surface area contributed by atoms with E-state index < -0.39 is 0 Å². The molecule has 1 saturated heterocycles. The Morgan fingerprint density at radius 1 is 1.17 bits per heavy atom. The fourth-order valence-corrected chi connectivity index (χ4v) is 4.42. The largest absolute Gasteiger partial charge is 0.378 e. The number of carbonyl (C=O) groups excluding carboxylic acids is 1. The summed E-state index contributed by atoms with van der Waals surface area (Å²) >= 11 is 0. The number of fused-ring (bicyclic) bond motifs is 4. The molecule has 3 aromatic rings. The number of ether oxygens (including phenoxy) is 1. The Labute approximate surface area is 174 Å². The van der Waals surface area contributed by atoms with E-state index in [1.807, 2.05) is 29.2 Å². The summed E-state index contributed by atoms with van der Waals surface area (Å²) in [5.41, 5.74) is 5.30. The molecule has 2 aliphatic rings. The lowest BCUT2D eigenvalue weighted by Gasteiger charge is -2.36. The predicted octanol–water partition coefficient (Wildman–Crippen LogP) is 2.52. The molecule has 7 nitrogen and oxygen atoms in total. The van der Waals surface area contributed by atoms with Gasteiger partial charge in [-0.1, -0.05) is 12.1 Å². The Morgan fingerprint density at radius 2 is 1.93 bits per heavy atom. The van der Waals surface area contributed by atoms with Crippen LogP contribution >= 0.6 is 12.4 Å². The van der Waals surface area contributed by atoms with E-state index in [1.165, 1.54) is 0 Å². The van der Waals surface area contributed by atoms with Crippen LogP contribution in [0.1, 0.15) is 23.6 Å². The molecule has 0 radical (unpaired) electrons. The summed E-state index contributed by atoms with van der Waals surface area (Å²) in [6, 6.07) is 10.4. The van der Waals surface area contributed by atoms with E-state index in [1.54, 1.807) is 6.92 Å². The number of morpholine rings is 1. The van der Waals surface area contributed by atoms with Gasteiger partial charge in [0.05, 0.1) is 29.8 Å². The molecule has 0 atom stereocenters. The van der Waals surface area contributed by atoms with Crippen molar-refractivity contribution < 1.29 is 9.53 Å². The van der Waals surface area contributed by atoms with Crippen LogP contribution in [0, 0.1) is 11.3 Å². The van der Waals surface area contributed by atoms with Crippen molar-refractivity contribution in [2.75, 3.05) is 37.7 Å². The molecule has 0 spiro atoms. The van der Waals surface area contributed by atoms with Gasteiger partial charge >= 0.3 is 0 Å². The first-order valence-corrected chi connectivity index (χ1v) is 9.62. The first kappa shape index (κ1) is 19.5. The number of aromatic nitrogens is 2. The Bertz CT molecular complexity index is 1140. The molecule has 1 fully saturated rings. The number of hydrogen-bond donors (Lipinski definition) is 0. The van der Waals surface area contributed by atoms with Crippen molar-refractivity contribution in [2.24, 2.45) is 0 Å². The topological polar surface area (TPSA) is 73.9 Å². The molecule has 1 amide bonds. The first-order chi connectivity index (χ1) is 13.7. The number of amides is 1. The molecule has 0 unspecified atom stereocenters. The lowest BCUT2D eigenvalue weighted by atomic mass is 9.95. The zero-order chi connectivity index (χ0) is 19.3. The molecule has 8 heteroatoms. The number of benzene rings is 1. The van der Waals surface area contributed by atoms with Crippen molar-refractivity contribution in [1.29, 1.82) is 5.26 Å². The molecule has 150 valence electrons. The van der Waals surface area contributed by atoms with Gasteiger partial charge in [0.15, 0.2) is 5.65 Å². The minimum absolute atomic E-state index is 0. The molecule has 0 aliphatic carbocycles. The van der Waals surface area contributed by atoms with Crippen molar-refractivity contribution in [3.8, 4) is 6.07 Å². The van der Waals surface area contributed by atoms with Crippen molar-refractivity contribution >= 4 is 40.8 Å². The second-order valence-corrected chi connectivity index (χ2v) is 7.32. The number of pyridine rings is 1. The second-order valence-electron chi connectivity index (χ2n) is 7.32. The maximum atomic E-state index is 12.1. The summed E-state index contributed by atoms with van der Waals surface area (Å²) in [6.45, 7) is 5.65. The molecule has 4 heterocycles. The number of nitriles is 1. The number of rotatable bonds is 1. The van der Waals surface area contributed by atoms with Crippen molar-refractivity contribution in [1.82, 2.24) is 14.3 Å². The maximum Gasteiger partial charge on any atom is 0.219 e. The molecule has 1 aromatic carbocycles. The third-order valence-corrected chi connectivity index (χ3v) is 5.78. The normalized spacial score (nSPS) is 16.4. The average Bonchev–Trinajstić information content (AvgIpc) is 3.11. The summed E-state index contributed by atoms with van der Waals surface area (Å²) in [4.78, 5) is 21.1. The highest BCUT2D eigenvalue weighted by atomic mass is 35.5. The van der Waals surface area contributed by atoms with Gasteiger partial charge in [0.1, 0.15) is 11.9 Å². The van der Waals surface area contributed by atoms with Gasteiger partial charge in [0.2, 0.25) is 5.91 Å². The van der Waals surface area contributed by atoms with E-state index in [4.69, 9.17) is 9.72 Å². The first-order valence-electron chi connectivity index (χ1n) is 9.62. The second kappa shape index (κ2) is 7.54. The Balaban J connectivity index is 0.00000205. The third-order valence-electron chi connectivity index (χ3n) is 5.78. The Kier molecular flexibility index (Phi) is 5.07. The zero-order valence-corrected chi connectivity index (χ0v) is 17.0. The molecule has 5 rings (SSSR count). The van der Waals surface area contributed by atoms with Crippen LogP contribution in [0.5, 0.6) is 0 Å². The summed E-state index contributed by atoms with van der Waals surface area (Å²) in [6.07, 6.45) is 0.675. The number of hydrogen-bond acceptors (Lipinski definition) is 5. The van der Waals surface area contributed by atoms with Crippen LogP contribution in [0.25, 0.3) is 16.7 Å². The van der Waals surface area contributed by atoms with Crippen molar-refractivity contribution in [3.05, 3.63) is 41.0 Å². The maximum absolute atomic E-state index is 12.1. The van der Waals surface area contributed by atoms with Crippen LogP contribution in [-0.4, -0.2) is 53.0 Å². The van der Waals surface area contributed by atoms with Crippen LogP contribution in [0.15, 0.2) is 24.3 Å². The highest BCUT2D eigenvalue weighted by Crippen LogP contribution is 2.36. The van der Waals surface area contributed by atoms with Gasteiger partial charge in [-0.15, -0.1) is 12.4 Å². The fourth-order valence-electron chi connectivity index (χ4n) is 4.42. The fraction of sp³-hybridized carbons (Fsp3) is 0.381. The van der Waals surface area contributed by atoms with Crippen LogP contribution in [-0.2, 0) is 22.5 Å². The van der Waals surface area contributed by atoms with Gasteiger partial charge in [-0.3, -0.25) is 9.20 Å². The standard InChI is InChI=1S/C21H21N5O2.ClH/c1-14(27)25-7-6-15-16(12-22)20-23-18-4-2-3-5-19(18)26(20)21(17(15)13-25)24-8-10-28-11-9-24;/h2-5H,6-11,13H2,1H3;1H. The van der Waals surface area contributed by atoms with E-state index in [0.717, 1.165) is 41.1 Å². The van der Waals surface area contributed by atoms with E-state index >= 15 is 0 Å². The number of carbonyl (C=O) groups is 1. The molecule has 29 heavy (non-hydrogen) atoms. The number of anilines is 1. The lowest BCUT2D eigenvalue weighted by Crippen LogP contribution is -2.41. The van der Waals surface area contributed by atoms with Crippen molar-refractivity contribution in [3.63, 3.8) is 0 Å². The van der Waals surface area contributed by atoms with Gasteiger partial charge < -0.3 is 14.5 Å². The Hall–Kier alpha value is -2.82. The SMILES string of the molecule is CC(=O)N1CCc2c(c(N3CCOCC3)n3c(nc4ccccc43)c2C#N)C1.Cl. The molecule has 0 bridgehead atoms. The van der Waals surface area contributed by atoms with E-state index in [-0.39, 0.29) is 18.3 Å². The van der Waals surface area contributed by atoms with Gasteiger partial charge in [-0.25, -0.2) is 4.98 Å². The van der Waals surface area contributed by atoms with Gasteiger partial charge in [-0.2, -0.15) is 5.26 Å². The van der Waals surface area contributed by atoms with Crippen LogP contribution < -0.4 is 4.90 Å². The quantitative estimate of drug-likeness (QED) is 0.615. The lowest BCUT2D eigenvalue weighted by molar-refractivity contribution is -0.129. The predicted molar refractivity (Wildman–Crippen MR) is 112 cm³/mol. The van der Waals surface area contributed by atoms with Gasteiger partial charge in [0.25, 0.3) is 0 Å². The molecular formula is C21H22ClN5O2. The smallest absolute Gasteiger partial charge is 0.219 e. The zero-order valence-electron chi connectivity index (χ0n) is 16.2. The summed E-state index contributed by atoms with van der Waals surface area (Å²) in [5.74, 6) is 1.11. The molecule has 0 saturated carbocycles. The van der Waals surface area contributed by atoms with Gasteiger partial charge in [0, 0.05) is 38.7 Å².